The Labute approximate surface area is 131 Å². The van der Waals surface area contributed by atoms with Crippen LogP contribution in [-0.2, 0) is 17.9 Å². The van der Waals surface area contributed by atoms with Crippen molar-refractivity contribution >= 4 is 5.91 Å². The van der Waals surface area contributed by atoms with Gasteiger partial charge in [-0.3, -0.25) is 14.7 Å². The molecule has 0 unspecified atom stereocenters. The normalized spacial score (nSPS) is 16.5. The molecular formula is C18H21N3O. The molecule has 2 aromatic rings. The van der Waals surface area contributed by atoms with Crippen molar-refractivity contribution in [3.05, 3.63) is 66.0 Å². The van der Waals surface area contributed by atoms with Crippen molar-refractivity contribution < 1.29 is 4.79 Å². The van der Waals surface area contributed by atoms with E-state index in [1.807, 2.05) is 35.4 Å². The number of rotatable bonds is 4. The first kappa shape index (κ1) is 14.7. The van der Waals surface area contributed by atoms with Gasteiger partial charge in [-0.05, 0) is 17.2 Å². The molecule has 1 aliphatic rings. The number of hydrogen-bond acceptors (Lipinski definition) is 3. The van der Waals surface area contributed by atoms with Gasteiger partial charge in [0.25, 0.3) is 0 Å². The molecule has 1 aromatic carbocycles. The summed E-state index contributed by atoms with van der Waals surface area (Å²) in [5, 5.41) is 0. The Morgan fingerprint density at radius 1 is 0.909 bits per heavy atom. The summed E-state index contributed by atoms with van der Waals surface area (Å²) in [5.74, 6) is 0.248. The summed E-state index contributed by atoms with van der Waals surface area (Å²) in [4.78, 5) is 20.8. The second kappa shape index (κ2) is 7.18. The minimum atomic E-state index is 0.248. The number of pyridine rings is 1. The first-order valence-corrected chi connectivity index (χ1v) is 7.74. The Hall–Kier alpha value is -2.20. The van der Waals surface area contributed by atoms with E-state index in [1.54, 1.807) is 6.20 Å². The third-order valence-electron chi connectivity index (χ3n) is 4.03. The first-order valence-electron chi connectivity index (χ1n) is 7.74. The molecule has 3 rings (SSSR count). The fraction of sp³-hybridized carbons (Fsp3) is 0.333. The molecule has 0 atom stereocenters. The van der Waals surface area contributed by atoms with Crippen molar-refractivity contribution in [2.45, 2.75) is 19.5 Å². The number of amides is 1. The van der Waals surface area contributed by atoms with E-state index in [9.17, 15) is 4.79 Å². The van der Waals surface area contributed by atoms with E-state index in [0.29, 0.717) is 13.0 Å². The number of carbonyl (C=O) groups is 1. The second-order valence-electron chi connectivity index (χ2n) is 5.69. The smallest absolute Gasteiger partial charge is 0.224 e. The molecule has 0 bridgehead atoms. The summed E-state index contributed by atoms with van der Waals surface area (Å²) in [6.45, 7) is 4.08. The fourth-order valence-corrected chi connectivity index (χ4v) is 2.79. The molecule has 0 radical (unpaired) electrons. The van der Waals surface area contributed by atoms with Crippen LogP contribution in [0.2, 0.25) is 0 Å². The lowest BCUT2D eigenvalue weighted by Crippen LogP contribution is -2.32. The van der Waals surface area contributed by atoms with E-state index in [2.05, 4.69) is 28.1 Å². The summed E-state index contributed by atoms with van der Waals surface area (Å²) < 4.78 is 0. The number of carbonyl (C=O) groups excluding carboxylic acids is 1. The van der Waals surface area contributed by atoms with E-state index < -0.39 is 0 Å². The molecule has 1 saturated heterocycles. The molecule has 1 fully saturated rings. The van der Waals surface area contributed by atoms with Gasteiger partial charge in [0.1, 0.15) is 0 Å². The molecule has 1 amide bonds. The maximum absolute atomic E-state index is 12.3. The molecule has 1 aliphatic heterocycles. The molecule has 0 spiro atoms. The van der Waals surface area contributed by atoms with Gasteiger partial charge >= 0.3 is 0 Å². The molecule has 4 heteroatoms. The summed E-state index contributed by atoms with van der Waals surface area (Å²) in [5.41, 5.74) is 2.39. The van der Waals surface area contributed by atoms with Gasteiger partial charge in [-0.2, -0.15) is 0 Å². The highest BCUT2D eigenvalue weighted by Crippen LogP contribution is 2.12. The number of nitrogens with zero attached hydrogens (tertiary/aromatic N) is 3. The monoisotopic (exact) mass is 295 g/mol. The largest absolute Gasteiger partial charge is 0.337 e. The molecule has 2 heterocycles. The van der Waals surface area contributed by atoms with Gasteiger partial charge in [0.2, 0.25) is 5.91 Å². The molecule has 114 valence electrons. The van der Waals surface area contributed by atoms with Crippen molar-refractivity contribution in [2.24, 2.45) is 0 Å². The predicted octanol–water partition coefficient (Wildman–Crippen LogP) is 2.32. The predicted molar refractivity (Wildman–Crippen MR) is 86.0 cm³/mol. The third kappa shape index (κ3) is 3.92. The Morgan fingerprint density at radius 2 is 1.73 bits per heavy atom. The zero-order chi connectivity index (χ0) is 15.2. The lowest BCUT2D eigenvalue weighted by molar-refractivity contribution is -0.130. The molecule has 1 aromatic heterocycles. The highest BCUT2D eigenvalue weighted by atomic mass is 16.2. The van der Waals surface area contributed by atoms with Gasteiger partial charge < -0.3 is 4.90 Å². The topological polar surface area (TPSA) is 36.4 Å². The van der Waals surface area contributed by atoms with Gasteiger partial charge in [-0.15, -0.1) is 0 Å². The number of benzene rings is 1. The number of hydrogen-bond donors (Lipinski definition) is 0. The maximum Gasteiger partial charge on any atom is 0.224 e. The van der Waals surface area contributed by atoms with Crippen LogP contribution >= 0.6 is 0 Å². The Balaban J connectivity index is 1.59. The van der Waals surface area contributed by atoms with Gasteiger partial charge in [-0.1, -0.05) is 36.4 Å². The molecule has 22 heavy (non-hydrogen) atoms. The molecule has 0 aliphatic carbocycles. The Morgan fingerprint density at radius 3 is 2.50 bits per heavy atom. The van der Waals surface area contributed by atoms with Gasteiger partial charge in [0, 0.05) is 51.5 Å². The standard InChI is InChI=1S/C18H21N3O/c22-18-8-10-20(14-17-7-4-9-19-13-17)11-12-21(18)15-16-5-2-1-3-6-16/h1-7,9,13H,8,10-12,14-15H2. The van der Waals surface area contributed by atoms with E-state index >= 15 is 0 Å². The van der Waals surface area contributed by atoms with Crippen molar-refractivity contribution in [3.63, 3.8) is 0 Å². The number of aromatic nitrogens is 1. The van der Waals surface area contributed by atoms with Gasteiger partial charge in [0.05, 0.1) is 0 Å². The quantitative estimate of drug-likeness (QED) is 0.868. The Bertz CT molecular complexity index is 600. The maximum atomic E-state index is 12.3. The summed E-state index contributed by atoms with van der Waals surface area (Å²) in [6.07, 6.45) is 4.28. The average molecular weight is 295 g/mol. The zero-order valence-corrected chi connectivity index (χ0v) is 12.7. The van der Waals surface area contributed by atoms with Gasteiger partial charge in [-0.25, -0.2) is 0 Å². The molecule has 4 nitrogen and oxygen atoms in total. The van der Waals surface area contributed by atoms with E-state index in [4.69, 9.17) is 0 Å². The summed E-state index contributed by atoms with van der Waals surface area (Å²) in [6, 6.07) is 14.2. The SMILES string of the molecule is O=C1CCN(Cc2cccnc2)CCN1Cc1ccccc1. The van der Waals surface area contributed by atoms with E-state index in [-0.39, 0.29) is 5.91 Å². The van der Waals surface area contributed by atoms with Crippen molar-refractivity contribution in [3.8, 4) is 0 Å². The highest BCUT2D eigenvalue weighted by Gasteiger charge is 2.20. The minimum Gasteiger partial charge on any atom is -0.337 e. The van der Waals surface area contributed by atoms with E-state index in [0.717, 1.165) is 26.2 Å². The van der Waals surface area contributed by atoms with Crippen molar-refractivity contribution in [1.29, 1.82) is 0 Å². The van der Waals surface area contributed by atoms with Crippen LogP contribution in [0.25, 0.3) is 0 Å². The van der Waals surface area contributed by atoms with Crippen LogP contribution in [0.5, 0.6) is 0 Å². The van der Waals surface area contributed by atoms with Crippen LogP contribution in [0, 0.1) is 0 Å². The third-order valence-corrected chi connectivity index (χ3v) is 4.03. The van der Waals surface area contributed by atoms with Crippen molar-refractivity contribution in [1.82, 2.24) is 14.8 Å². The minimum absolute atomic E-state index is 0.248. The summed E-state index contributed by atoms with van der Waals surface area (Å²) >= 11 is 0. The van der Waals surface area contributed by atoms with Crippen LogP contribution in [0.4, 0.5) is 0 Å². The van der Waals surface area contributed by atoms with Crippen LogP contribution in [-0.4, -0.2) is 40.3 Å². The van der Waals surface area contributed by atoms with Crippen LogP contribution in [0.15, 0.2) is 54.9 Å². The van der Waals surface area contributed by atoms with Crippen LogP contribution in [0.1, 0.15) is 17.5 Å². The second-order valence-corrected chi connectivity index (χ2v) is 5.69. The van der Waals surface area contributed by atoms with Gasteiger partial charge in [0.15, 0.2) is 0 Å². The Kier molecular flexibility index (Phi) is 4.81. The van der Waals surface area contributed by atoms with Crippen molar-refractivity contribution in [2.75, 3.05) is 19.6 Å². The zero-order valence-electron chi connectivity index (χ0n) is 12.7. The average Bonchev–Trinajstić information content (AvgIpc) is 2.73. The summed E-state index contributed by atoms with van der Waals surface area (Å²) in [7, 11) is 0. The lowest BCUT2D eigenvalue weighted by Gasteiger charge is -2.22. The fourth-order valence-electron chi connectivity index (χ4n) is 2.79. The first-order chi connectivity index (χ1) is 10.8. The molecule has 0 saturated carbocycles. The highest BCUT2D eigenvalue weighted by molar-refractivity contribution is 5.76. The molecule has 0 N–H and O–H groups in total. The van der Waals surface area contributed by atoms with E-state index in [1.165, 1.54) is 11.1 Å². The van der Waals surface area contributed by atoms with Crippen LogP contribution < -0.4 is 0 Å². The van der Waals surface area contributed by atoms with Crippen LogP contribution in [0.3, 0.4) is 0 Å². The molecular weight excluding hydrogens is 274 g/mol. The lowest BCUT2D eigenvalue weighted by atomic mass is 10.2.